The maximum atomic E-state index is 12.3. The van der Waals surface area contributed by atoms with Gasteiger partial charge in [0.1, 0.15) is 12.4 Å². The summed E-state index contributed by atoms with van der Waals surface area (Å²) in [7, 11) is 1.65. The minimum Gasteiger partial charge on any atom is -0.491 e. The molecule has 1 amide bonds. The Labute approximate surface area is 171 Å². The molecule has 0 aromatic heterocycles. The van der Waals surface area contributed by atoms with Gasteiger partial charge in [-0.2, -0.15) is 0 Å². The molecule has 23 heavy (non-hydrogen) atoms. The Hall–Kier alpha value is -0.226. The van der Waals surface area contributed by atoms with Crippen molar-refractivity contribution < 1.29 is 47.0 Å². The summed E-state index contributed by atoms with van der Waals surface area (Å²) in [6.45, 7) is 5.71. The van der Waals surface area contributed by atoms with E-state index in [9.17, 15) is 4.79 Å². The average Bonchev–Trinajstić information content (AvgIpc) is 2.51. The number of hydrogen-bond donors (Lipinski definition) is 0. The van der Waals surface area contributed by atoms with E-state index in [4.69, 9.17) is 9.47 Å². The second-order valence-corrected chi connectivity index (χ2v) is 6.20. The van der Waals surface area contributed by atoms with E-state index < -0.39 is 0 Å². The Balaban J connectivity index is 0.00000264. The molecular weight excluding hydrogens is 435 g/mol. The number of methoxy groups -OCH3 is 1. The molecule has 1 atom stereocenters. The van der Waals surface area contributed by atoms with Crippen molar-refractivity contribution >= 4 is 27.5 Å². The van der Waals surface area contributed by atoms with Crippen LogP contribution in [0.15, 0.2) is 18.2 Å². The molecule has 1 aliphatic rings. The number of aryl methyl sites for hydroxylation is 1. The van der Waals surface area contributed by atoms with Gasteiger partial charge in [-0.3, -0.25) is 4.79 Å². The summed E-state index contributed by atoms with van der Waals surface area (Å²) in [5.74, 6) is 0.901. The second kappa shape index (κ2) is 9.92. The third-order valence-corrected chi connectivity index (χ3v) is 4.29. The smallest absolute Gasteiger partial charge is 0.236 e. The van der Waals surface area contributed by atoms with Crippen molar-refractivity contribution in [2.75, 3.05) is 26.9 Å². The molecule has 1 heterocycles. The molecule has 1 aliphatic heterocycles. The van der Waals surface area contributed by atoms with Gasteiger partial charge >= 0.3 is 0 Å². The molecule has 6 heteroatoms. The van der Waals surface area contributed by atoms with E-state index in [0.29, 0.717) is 26.2 Å². The number of benzene rings is 1. The number of nitrogens with zero attached hydrogens (tertiary/aromatic N) is 1. The summed E-state index contributed by atoms with van der Waals surface area (Å²) in [4.78, 5) is 13.9. The largest absolute Gasteiger partial charge is 0.491 e. The first-order valence-electron chi connectivity index (χ1n) is 7.37. The molecule has 0 spiro atoms. The number of carbonyl (C=O) groups excluding carboxylic acids is 1. The van der Waals surface area contributed by atoms with Crippen LogP contribution >= 0.6 is 15.9 Å². The number of rotatable bonds is 6. The number of halogens is 1. The van der Waals surface area contributed by atoms with Crippen molar-refractivity contribution in [3.05, 3.63) is 35.4 Å². The Morgan fingerprint density at radius 3 is 2.74 bits per heavy atom. The third kappa shape index (κ3) is 5.12. The summed E-state index contributed by atoms with van der Waals surface area (Å²) >= 11 is 3.40. The van der Waals surface area contributed by atoms with Gasteiger partial charge in [-0.15, -0.1) is 22.9 Å². The zero-order valence-corrected chi connectivity index (χ0v) is 18.2. The zero-order chi connectivity index (χ0) is 16.1. The summed E-state index contributed by atoms with van der Waals surface area (Å²) < 4.78 is 10.6. The van der Waals surface area contributed by atoms with E-state index in [1.807, 2.05) is 32.0 Å². The van der Waals surface area contributed by atoms with Gasteiger partial charge in [0.05, 0.1) is 11.4 Å². The van der Waals surface area contributed by atoms with Crippen LogP contribution in [0, 0.1) is 13.0 Å². The van der Waals surface area contributed by atoms with Crippen LogP contribution in [0.3, 0.4) is 0 Å². The standard InChI is InChI=1S/C17H21BrNO3.Y/c1-4-19-16(8-7-15(18)17(19)20)14-6-5-13(11-12(14)2)22-10-9-21-3;/h5-6,11,15H,4,7,9-10H2,1-3H3;/q-1;. The first kappa shape index (κ1) is 20.8. The monoisotopic (exact) mass is 455 g/mol. The fourth-order valence-electron chi connectivity index (χ4n) is 2.44. The van der Waals surface area contributed by atoms with E-state index in [0.717, 1.165) is 22.6 Å². The summed E-state index contributed by atoms with van der Waals surface area (Å²) in [6, 6.07) is 5.90. The third-order valence-electron chi connectivity index (χ3n) is 3.58. The van der Waals surface area contributed by atoms with E-state index in [1.165, 1.54) is 0 Å². The van der Waals surface area contributed by atoms with Gasteiger partial charge in [-0.1, -0.05) is 29.3 Å². The van der Waals surface area contributed by atoms with Crippen molar-refractivity contribution in [2.24, 2.45) is 0 Å². The molecule has 1 aromatic rings. The van der Waals surface area contributed by atoms with E-state index in [1.54, 1.807) is 12.0 Å². The first-order valence-corrected chi connectivity index (χ1v) is 8.29. The summed E-state index contributed by atoms with van der Waals surface area (Å²) in [6.07, 6.45) is 3.94. The van der Waals surface area contributed by atoms with Gasteiger partial charge in [0.25, 0.3) is 0 Å². The minimum absolute atomic E-state index is 0. The molecular formula is C17H21BrNO3Y-. The topological polar surface area (TPSA) is 38.8 Å². The van der Waals surface area contributed by atoms with Crippen LogP contribution in [-0.4, -0.2) is 42.5 Å². The first-order chi connectivity index (χ1) is 10.6. The molecule has 0 N–H and O–H groups in total. The maximum Gasteiger partial charge on any atom is 0.236 e. The normalized spacial score (nSPS) is 17.6. The molecule has 1 radical (unpaired) electrons. The van der Waals surface area contributed by atoms with Crippen LogP contribution in [0.25, 0.3) is 5.70 Å². The van der Waals surface area contributed by atoms with Crippen LogP contribution in [0.5, 0.6) is 5.75 Å². The van der Waals surface area contributed by atoms with Crippen LogP contribution < -0.4 is 4.74 Å². The van der Waals surface area contributed by atoms with E-state index in [2.05, 4.69) is 22.0 Å². The fourth-order valence-corrected chi connectivity index (χ4v) is 2.85. The van der Waals surface area contributed by atoms with Crippen LogP contribution in [0.1, 0.15) is 24.5 Å². The predicted octanol–water partition coefficient (Wildman–Crippen LogP) is 3.18. The maximum absolute atomic E-state index is 12.3. The Kier molecular flexibility index (Phi) is 8.98. The minimum atomic E-state index is -0.173. The number of hydrogen-bond acceptors (Lipinski definition) is 3. The molecule has 0 saturated carbocycles. The van der Waals surface area contributed by atoms with Gasteiger partial charge in [0.2, 0.25) is 5.91 Å². The van der Waals surface area contributed by atoms with Crippen molar-refractivity contribution in [3.63, 3.8) is 0 Å². The Morgan fingerprint density at radius 1 is 1.39 bits per heavy atom. The average molecular weight is 456 g/mol. The Bertz CT molecular complexity index is 577. The van der Waals surface area contributed by atoms with Gasteiger partial charge in [0, 0.05) is 46.4 Å². The number of allylic oxidation sites excluding steroid dienone is 1. The summed E-state index contributed by atoms with van der Waals surface area (Å²) in [5, 5.41) is 0. The predicted molar refractivity (Wildman–Crippen MR) is 89.9 cm³/mol. The van der Waals surface area contributed by atoms with E-state index in [-0.39, 0.29) is 43.4 Å². The van der Waals surface area contributed by atoms with Crippen LogP contribution in [0.4, 0.5) is 0 Å². The molecule has 4 nitrogen and oxygen atoms in total. The van der Waals surface area contributed by atoms with Crippen molar-refractivity contribution in [2.45, 2.75) is 25.1 Å². The number of ether oxygens (including phenoxy) is 2. The molecule has 123 valence electrons. The van der Waals surface area contributed by atoms with Gasteiger partial charge < -0.3 is 14.4 Å². The molecule has 2 rings (SSSR count). The molecule has 1 unspecified atom stereocenters. The summed E-state index contributed by atoms with van der Waals surface area (Å²) in [5.41, 5.74) is 2.95. The number of alkyl halides is 1. The fraction of sp³-hybridized carbons (Fsp3) is 0.471. The number of carbonyl (C=O) groups is 1. The van der Waals surface area contributed by atoms with Crippen molar-refractivity contribution in [3.8, 4) is 5.75 Å². The zero-order valence-electron chi connectivity index (χ0n) is 13.8. The molecule has 0 fully saturated rings. The van der Waals surface area contributed by atoms with Crippen LogP contribution in [0.2, 0.25) is 0 Å². The molecule has 0 bridgehead atoms. The van der Waals surface area contributed by atoms with Crippen LogP contribution in [-0.2, 0) is 42.2 Å². The van der Waals surface area contributed by atoms with Gasteiger partial charge in [-0.05, 0) is 19.1 Å². The van der Waals surface area contributed by atoms with Crippen molar-refractivity contribution in [1.82, 2.24) is 4.90 Å². The number of amides is 1. The molecule has 0 aliphatic carbocycles. The molecule has 0 saturated heterocycles. The SMILES string of the molecule is CCN1C(=O)C(Br)C[C-]=C1c1ccc(OCCOC)cc1C.[Y]. The van der Waals surface area contributed by atoms with E-state index >= 15 is 0 Å². The van der Waals surface area contributed by atoms with Gasteiger partial charge in [-0.25, -0.2) is 6.08 Å². The van der Waals surface area contributed by atoms with Gasteiger partial charge in [0.15, 0.2) is 0 Å². The molecule has 1 aromatic carbocycles. The van der Waals surface area contributed by atoms with Crippen molar-refractivity contribution in [1.29, 1.82) is 0 Å². The Morgan fingerprint density at radius 2 is 2.13 bits per heavy atom. The second-order valence-electron chi connectivity index (χ2n) is 5.10. The quantitative estimate of drug-likeness (QED) is 0.375.